The van der Waals surface area contributed by atoms with Crippen molar-refractivity contribution < 1.29 is 13.2 Å². The summed E-state index contributed by atoms with van der Waals surface area (Å²) in [6, 6.07) is 10.3. The Balaban J connectivity index is 1.65. The lowest BCUT2D eigenvalue weighted by Gasteiger charge is -2.32. The van der Waals surface area contributed by atoms with E-state index in [0.29, 0.717) is 32.0 Å². The highest BCUT2D eigenvalue weighted by atomic mass is 32.2. The van der Waals surface area contributed by atoms with Crippen LogP contribution in [0, 0.1) is 17.8 Å². The van der Waals surface area contributed by atoms with Gasteiger partial charge in [0.25, 0.3) is 0 Å². The molecule has 6 heteroatoms. The maximum Gasteiger partial charge on any atom is 0.223 e. The average Bonchev–Trinajstić information content (AvgIpc) is 3.04. The quantitative estimate of drug-likeness (QED) is 0.819. The van der Waals surface area contributed by atoms with Gasteiger partial charge < -0.3 is 10.2 Å². The highest BCUT2D eigenvalue weighted by Gasteiger charge is 2.50. The Kier molecular flexibility index (Phi) is 6.03. The largest absolute Gasteiger partial charge is 0.356 e. The molecule has 144 valence electrons. The van der Waals surface area contributed by atoms with Crippen LogP contribution in [0.4, 0.5) is 0 Å². The molecule has 5 nitrogen and oxygen atoms in total. The molecule has 0 aromatic heterocycles. The summed E-state index contributed by atoms with van der Waals surface area (Å²) in [5.74, 6) is 0.322. The molecule has 3 atom stereocenters. The molecule has 3 rings (SSSR count). The van der Waals surface area contributed by atoms with Crippen molar-refractivity contribution in [3.63, 3.8) is 0 Å². The Labute approximate surface area is 157 Å². The maximum atomic E-state index is 12.6. The normalized spacial score (nSPS) is 28.0. The maximum absolute atomic E-state index is 12.6. The van der Waals surface area contributed by atoms with Crippen LogP contribution >= 0.6 is 0 Å². The first-order valence-corrected chi connectivity index (χ1v) is 11.3. The van der Waals surface area contributed by atoms with E-state index in [-0.39, 0.29) is 28.7 Å². The second-order valence-electron chi connectivity index (χ2n) is 8.10. The number of nitrogens with one attached hydrogen (secondary N) is 1. The zero-order valence-corrected chi connectivity index (χ0v) is 16.5. The van der Waals surface area contributed by atoms with Crippen molar-refractivity contribution >= 4 is 15.7 Å². The number of rotatable bonds is 6. The topological polar surface area (TPSA) is 66.5 Å². The molecule has 0 bridgehead atoms. The highest BCUT2D eigenvalue weighted by molar-refractivity contribution is 7.92. The molecule has 1 amide bonds. The lowest BCUT2D eigenvalue weighted by molar-refractivity contribution is -0.126. The number of likely N-dealkylation sites (tertiary alicyclic amines) is 1. The Morgan fingerprint density at radius 2 is 1.96 bits per heavy atom. The fourth-order valence-electron chi connectivity index (χ4n) is 4.18. The van der Waals surface area contributed by atoms with Crippen molar-refractivity contribution in [2.45, 2.75) is 31.9 Å². The molecule has 1 aromatic carbocycles. The molecule has 0 unspecified atom stereocenters. The van der Waals surface area contributed by atoms with Gasteiger partial charge in [-0.3, -0.25) is 4.79 Å². The van der Waals surface area contributed by atoms with Gasteiger partial charge in [-0.2, -0.15) is 0 Å². The van der Waals surface area contributed by atoms with Crippen LogP contribution in [0.15, 0.2) is 30.3 Å². The van der Waals surface area contributed by atoms with Gasteiger partial charge in [-0.05, 0) is 24.3 Å². The number of hydrogen-bond acceptors (Lipinski definition) is 4. The van der Waals surface area contributed by atoms with Crippen molar-refractivity contribution in [3.8, 4) is 0 Å². The van der Waals surface area contributed by atoms with Crippen molar-refractivity contribution in [1.29, 1.82) is 0 Å². The SMILES string of the molecule is CC(C)CNC(=O)[C@@H]1CCS(=O)(=O)[C@H]2CN(CCc3ccccc3)C[C@@H]12. The van der Waals surface area contributed by atoms with Crippen molar-refractivity contribution in [2.75, 3.05) is 31.9 Å². The molecule has 1 N–H and O–H groups in total. The van der Waals surface area contributed by atoms with E-state index in [4.69, 9.17) is 0 Å². The van der Waals surface area contributed by atoms with E-state index >= 15 is 0 Å². The molecule has 0 spiro atoms. The van der Waals surface area contributed by atoms with Crippen LogP contribution in [-0.2, 0) is 21.1 Å². The highest BCUT2D eigenvalue weighted by Crippen LogP contribution is 2.37. The predicted molar refractivity (Wildman–Crippen MR) is 104 cm³/mol. The fraction of sp³-hybridized carbons (Fsp3) is 0.650. The van der Waals surface area contributed by atoms with Gasteiger partial charge >= 0.3 is 0 Å². The van der Waals surface area contributed by atoms with E-state index in [1.165, 1.54) is 5.56 Å². The molecule has 0 radical (unpaired) electrons. The summed E-state index contributed by atoms with van der Waals surface area (Å²) >= 11 is 0. The first-order chi connectivity index (χ1) is 12.4. The number of benzene rings is 1. The minimum atomic E-state index is -3.10. The number of fused-ring (bicyclic) bond motifs is 1. The third kappa shape index (κ3) is 4.46. The van der Waals surface area contributed by atoms with Crippen LogP contribution < -0.4 is 5.32 Å². The number of carbonyl (C=O) groups excluding carboxylic acids is 1. The molecular weight excluding hydrogens is 348 g/mol. The minimum absolute atomic E-state index is 0.0357. The molecule has 2 aliphatic heterocycles. The van der Waals surface area contributed by atoms with Crippen LogP contribution in [0.1, 0.15) is 25.8 Å². The van der Waals surface area contributed by atoms with E-state index in [1.54, 1.807) is 0 Å². The van der Waals surface area contributed by atoms with Crippen LogP contribution in [0.2, 0.25) is 0 Å². The predicted octanol–water partition coefficient (Wildman–Crippen LogP) is 1.74. The standard InChI is InChI=1S/C20H30N2O3S/c1-15(2)12-21-20(23)17-9-11-26(24,25)19-14-22(13-18(17)19)10-8-16-6-4-3-5-7-16/h3-7,15,17-19H,8-14H2,1-2H3,(H,21,23)/t17-,18+,19+/m1/s1. The minimum Gasteiger partial charge on any atom is -0.356 e. The van der Waals surface area contributed by atoms with Gasteiger partial charge in [0.1, 0.15) is 0 Å². The molecule has 1 aromatic rings. The third-order valence-electron chi connectivity index (χ3n) is 5.66. The average molecular weight is 379 g/mol. The third-order valence-corrected chi connectivity index (χ3v) is 7.88. The number of nitrogens with zero attached hydrogens (tertiary/aromatic N) is 1. The van der Waals surface area contributed by atoms with Crippen LogP contribution in [0.3, 0.4) is 0 Å². The molecule has 0 saturated carbocycles. The Bertz CT molecular complexity index is 718. The molecule has 0 aliphatic carbocycles. The number of amides is 1. The number of hydrogen-bond donors (Lipinski definition) is 1. The second kappa shape index (κ2) is 8.09. The molecular formula is C20H30N2O3S. The molecule has 2 fully saturated rings. The number of sulfone groups is 1. The Morgan fingerprint density at radius 3 is 2.65 bits per heavy atom. The van der Waals surface area contributed by atoms with E-state index in [2.05, 4.69) is 36.2 Å². The monoisotopic (exact) mass is 378 g/mol. The van der Waals surface area contributed by atoms with E-state index in [0.717, 1.165) is 13.0 Å². The summed E-state index contributed by atoms with van der Waals surface area (Å²) in [4.78, 5) is 14.8. The molecule has 2 heterocycles. The van der Waals surface area contributed by atoms with Gasteiger partial charge in [0.2, 0.25) is 5.91 Å². The van der Waals surface area contributed by atoms with E-state index < -0.39 is 9.84 Å². The zero-order chi connectivity index (χ0) is 18.7. The van der Waals surface area contributed by atoms with Crippen LogP contribution in [0.25, 0.3) is 0 Å². The number of carbonyl (C=O) groups is 1. The summed E-state index contributed by atoms with van der Waals surface area (Å²) in [7, 11) is -3.10. The lowest BCUT2D eigenvalue weighted by atomic mass is 9.87. The Morgan fingerprint density at radius 1 is 1.23 bits per heavy atom. The van der Waals surface area contributed by atoms with Gasteiger partial charge in [-0.1, -0.05) is 44.2 Å². The van der Waals surface area contributed by atoms with Crippen LogP contribution in [-0.4, -0.2) is 56.4 Å². The zero-order valence-electron chi connectivity index (χ0n) is 15.7. The summed E-state index contributed by atoms with van der Waals surface area (Å²) in [5, 5.41) is 2.63. The van der Waals surface area contributed by atoms with Gasteiger partial charge in [-0.15, -0.1) is 0 Å². The first kappa shape index (κ1) is 19.4. The molecule has 2 saturated heterocycles. The molecule has 26 heavy (non-hydrogen) atoms. The van der Waals surface area contributed by atoms with Crippen molar-refractivity contribution in [3.05, 3.63) is 35.9 Å². The Hall–Kier alpha value is -1.40. The van der Waals surface area contributed by atoms with Gasteiger partial charge in [0.05, 0.1) is 11.0 Å². The van der Waals surface area contributed by atoms with Gasteiger partial charge in [0.15, 0.2) is 9.84 Å². The summed E-state index contributed by atoms with van der Waals surface area (Å²) < 4.78 is 25.1. The smallest absolute Gasteiger partial charge is 0.223 e. The van der Waals surface area contributed by atoms with E-state index in [1.807, 2.05) is 18.2 Å². The first-order valence-electron chi connectivity index (χ1n) is 9.62. The van der Waals surface area contributed by atoms with Gasteiger partial charge in [-0.25, -0.2) is 8.42 Å². The van der Waals surface area contributed by atoms with E-state index in [9.17, 15) is 13.2 Å². The van der Waals surface area contributed by atoms with Crippen molar-refractivity contribution in [2.24, 2.45) is 17.8 Å². The fourth-order valence-corrected chi connectivity index (χ4v) is 6.31. The second-order valence-corrected chi connectivity index (χ2v) is 10.4. The van der Waals surface area contributed by atoms with Gasteiger partial charge in [0, 0.05) is 38.0 Å². The van der Waals surface area contributed by atoms with Crippen molar-refractivity contribution in [1.82, 2.24) is 10.2 Å². The summed E-state index contributed by atoms with van der Waals surface area (Å²) in [6.07, 6.45) is 1.37. The molecule has 2 aliphatic rings. The summed E-state index contributed by atoms with van der Waals surface area (Å²) in [5.41, 5.74) is 1.26. The van der Waals surface area contributed by atoms with Crippen LogP contribution in [0.5, 0.6) is 0 Å². The summed E-state index contributed by atoms with van der Waals surface area (Å²) in [6.45, 7) is 6.89. The lowest BCUT2D eigenvalue weighted by Crippen LogP contribution is -2.47.